The molecule has 0 saturated carbocycles. The van der Waals surface area contributed by atoms with Gasteiger partial charge in [0.15, 0.2) is 0 Å². The van der Waals surface area contributed by atoms with E-state index in [1.165, 1.54) is 34.6 Å². The van der Waals surface area contributed by atoms with E-state index >= 15 is 0 Å². The standard InChI is InChI=1S/C13H21BrN2OS/c1-15-6-4-11(5-7-15)16(8-9-17)10-12-2-3-13(14)18-12/h2-3,11,17H,4-10H2,1H3. The predicted octanol–water partition coefficient (Wildman–Crippen LogP) is 2.40. The molecular formula is C13H21BrN2OS. The van der Waals surface area contributed by atoms with Crippen LogP contribution in [0.25, 0.3) is 0 Å². The van der Waals surface area contributed by atoms with Crippen LogP contribution in [0.15, 0.2) is 15.9 Å². The van der Waals surface area contributed by atoms with Crippen LogP contribution in [0.1, 0.15) is 17.7 Å². The van der Waals surface area contributed by atoms with Crippen molar-refractivity contribution in [3.8, 4) is 0 Å². The summed E-state index contributed by atoms with van der Waals surface area (Å²) in [6.45, 7) is 4.33. The van der Waals surface area contributed by atoms with Crippen molar-refractivity contribution in [1.82, 2.24) is 9.80 Å². The largest absolute Gasteiger partial charge is 0.395 e. The molecule has 18 heavy (non-hydrogen) atoms. The van der Waals surface area contributed by atoms with Gasteiger partial charge < -0.3 is 10.0 Å². The summed E-state index contributed by atoms with van der Waals surface area (Å²) in [6.07, 6.45) is 2.42. The first-order chi connectivity index (χ1) is 8.69. The molecule has 0 aliphatic carbocycles. The summed E-state index contributed by atoms with van der Waals surface area (Å²) in [4.78, 5) is 6.19. The molecule has 0 unspecified atom stereocenters. The summed E-state index contributed by atoms with van der Waals surface area (Å²) >= 11 is 5.30. The Morgan fingerprint density at radius 1 is 1.44 bits per heavy atom. The van der Waals surface area contributed by atoms with Crippen molar-refractivity contribution in [2.45, 2.75) is 25.4 Å². The first kappa shape index (κ1) is 14.5. The Hall–Kier alpha value is 0.0600. The molecule has 1 aliphatic heterocycles. The SMILES string of the molecule is CN1CCC(N(CCO)Cc2ccc(Br)s2)CC1. The van der Waals surface area contributed by atoms with Crippen LogP contribution in [0.2, 0.25) is 0 Å². The van der Waals surface area contributed by atoms with Gasteiger partial charge in [0.2, 0.25) is 0 Å². The quantitative estimate of drug-likeness (QED) is 0.896. The molecule has 0 aromatic carbocycles. The molecule has 3 nitrogen and oxygen atoms in total. The van der Waals surface area contributed by atoms with Crippen LogP contribution < -0.4 is 0 Å². The van der Waals surface area contributed by atoms with Gasteiger partial charge in [-0.15, -0.1) is 11.3 Å². The topological polar surface area (TPSA) is 26.7 Å². The fourth-order valence-corrected chi connectivity index (χ4v) is 4.03. The van der Waals surface area contributed by atoms with Gasteiger partial charge in [0.25, 0.3) is 0 Å². The molecule has 0 bridgehead atoms. The highest BCUT2D eigenvalue weighted by Gasteiger charge is 2.23. The van der Waals surface area contributed by atoms with Gasteiger partial charge in [-0.2, -0.15) is 0 Å². The Morgan fingerprint density at radius 2 is 2.17 bits per heavy atom. The lowest BCUT2D eigenvalue weighted by Crippen LogP contribution is -2.44. The van der Waals surface area contributed by atoms with Crippen LogP contribution in [0.3, 0.4) is 0 Å². The van der Waals surface area contributed by atoms with Gasteiger partial charge in [-0.25, -0.2) is 0 Å². The monoisotopic (exact) mass is 332 g/mol. The van der Waals surface area contributed by atoms with Crippen LogP contribution in [-0.2, 0) is 6.54 Å². The van der Waals surface area contributed by atoms with E-state index in [-0.39, 0.29) is 6.61 Å². The van der Waals surface area contributed by atoms with Crippen molar-refractivity contribution < 1.29 is 5.11 Å². The summed E-state index contributed by atoms with van der Waals surface area (Å²) in [5.74, 6) is 0. The van der Waals surface area contributed by atoms with Gasteiger partial charge >= 0.3 is 0 Å². The molecule has 0 amide bonds. The van der Waals surface area contributed by atoms with Crippen molar-refractivity contribution in [3.05, 3.63) is 20.8 Å². The molecule has 0 radical (unpaired) electrons. The molecule has 1 aromatic heterocycles. The number of aliphatic hydroxyl groups excluding tert-OH is 1. The predicted molar refractivity (Wildman–Crippen MR) is 80.0 cm³/mol. The molecule has 102 valence electrons. The van der Waals surface area contributed by atoms with Gasteiger partial charge in [0.1, 0.15) is 0 Å². The van der Waals surface area contributed by atoms with Crippen molar-refractivity contribution >= 4 is 27.3 Å². The number of hydrogen-bond acceptors (Lipinski definition) is 4. The number of likely N-dealkylation sites (tertiary alicyclic amines) is 1. The van der Waals surface area contributed by atoms with E-state index < -0.39 is 0 Å². The molecular weight excluding hydrogens is 312 g/mol. The molecule has 1 saturated heterocycles. The van der Waals surface area contributed by atoms with E-state index in [2.05, 4.69) is 44.9 Å². The average molecular weight is 333 g/mol. The molecule has 0 atom stereocenters. The maximum Gasteiger partial charge on any atom is 0.0701 e. The Kier molecular flexibility index (Phi) is 5.63. The zero-order chi connectivity index (χ0) is 13.0. The minimum Gasteiger partial charge on any atom is -0.395 e. The van der Waals surface area contributed by atoms with Gasteiger partial charge in [0, 0.05) is 24.0 Å². The summed E-state index contributed by atoms with van der Waals surface area (Å²) in [5.41, 5.74) is 0. The maximum atomic E-state index is 9.24. The van der Waals surface area contributed by atoms with Crippen LogP contribution in [-0.4, -0.2) is 54.2 Å². The van der Waals surface area contributed by atoms with E-state index in [1.54, 1.807) is 11.3 Å². The van der Waals surface area contributed by atoms with Gasteiger partial charge in [-0.3, -0.25) is 4.90 Å². The number of halogens is 1. The zero-order valence-corrected chi connectivity index (χ0v) is 13.2. The Morgan fingerprint density at radius 3 is 2.72 bits per heavy atom. The number of nitrogens with zero attached hydrogens (tertiary/aromatic N) is 2. The lowest BCUT2D eigenvalue weighted by molar-refractivity contribution is 0.0949. The first-order valence-electron chi connectivity index (χ1n) is 6.46. The van der Waals surface area contributed by atoms with Crippen molar-refractivity contribution in [2.24, 2.45) is 0 Å². The second-order valence-electron chi connectivity index (χ2n) is 4.93. The second kappa shape index (κ2) is 7.01. The zero-order valence-electron chi connectivity index (χ0n) is 10.8. The van der Waals surface area contributed by atoms with E-state index in [0.717, 1.165) is 13.1 Å². The van der Waals surface area contributed by atoms with Crippen LogP contribution in [0, 0.1) is 0 Å². The molecule has 1 aliphatic rings. The highest BCUT2D eigenvalue weighted by molar-refractivity contribution is 9.11. The summed E-state index contributed by atoms with van der Waals surface area (Å²) < 4.78 is 1.19. The molecule has 0 spiro atoms. The summed E-state index contributed by atoms with van der Waals surface area (Å²) in [6, 6.07) is 4.90. The van der Waals surface area contributed by atoms with Crippen LogP contribution in [0.4, 0.5) is 0 Å². The number of rotatable bonds is 5. The third-order valence-corrected chi connectivity index (χ3v) is 5.19. The molecule has 1 aromatic rings. The number of hydrogen-bond donors (Lipinski definition) is 1. The fraction of sp³-hybridized carbons (Fsp3) is 0.692. The highest BCUT2D eigenvalue weighted by Crippen LogP contribution is 2.25. The third-order valence-electron chi connectivity index (χ3n) is 3.58. The normalized spacial score (nSPS) is 18.7. The first-order valence-corrected chi connectivity index (χ1v) is 8.07. The highest BCUT2D eigenvalue weighted by atomic mass is 79.9. The number of aliphatic hydroxyl groups is 1. The van der Waals surface area contributed by atoms with Gasteiger partial charge in [-0.05, 0) is 61.0 Å². The maximum absolute atomic E-state index is 9.24. The van der Waals surface area contributed by atoms with Crippen molar-refractivity contribution in [2.75, 3.05) is 33.3 Å². The average Bonchev–Trinajstić information content (AvgIpc) is 2.75. The van der Waals surface area contributed by atoms with Crippen molar-refractivity contribution in [3.63, 3.8) is 0 Å². The Bertz CT molecular complexity index is 364. The summed E-state index contributed by atoms with van der Waals surface area (Å²) in [7, 11) is 2.18. The smallest absolute Gasteiger partial charge is 0.0701 e. The lowest BCUT2D eigenvalue weighted by atomic mass is 10.0. The summed E-state index contributed by atoms with van der Waals surface area (Å²) in [5, 5.41) is 9.24. The lowest BCUT2D eigenvalue weighted by Gasteiger charge is -2.36. The van der Waals surface area contributed by atoms with Gasteiger partial charge in [0.05, 0.1) is 10.4 Å². The number of piperidine rings is 1. The Balaban J connectivity index is 1.94. The van der Waals surface area contributed by atoms with E-state index in [1.807, 2.05) is 0 Å². The second-order valence-corrected chi connectivity index (χ2v) is 7.48. The fourth-order valence-electron chi connectivity index (χ4n) is 2.52. The molecule has 1 fully saturated rings. The van der Waals surface area contributed by atoms with E-state index in [9.17, 15) is 5.11 Å². The minimum absolute atomic E-state index is 0.249. The van der Waals surface area contributed by atoms with Gasteiger partial charge in [-0.1, -0.05) is 0 Å². The van der Waals surface area contributed by atoms with Crippen LogP contribution >= 0.6 is 27.3 Å². The minimum atomic E-state index is 0.249. The van der Waals surface area contributed by atoms with E-state index in [4.69, 9.17) is 0 Å². The number of thiophene rings is 1. The van der Waals surface area contributed by atoms with Crippen molar-refractivity contribution in [1.29, 1.82) is 0 Å². The Labute approximate surface area is 122 Å². The molecule has 2 heterocycles. The molecule has 2 rings (SSSR count). The van der Waals surface area contributed by atoms with Crippen LogP contribution in [0.5, 0.6) is 0 Å². The molecule has 1 N–H and O–H groups in total. The molecule has 5 heteroatoms. The third kappa shape index (κ3) is 4.03. The van der Waals surface area contributed by atoms with E-state index in [0.29, 0.717) is 6.04 Å².